The highest BCUT2D eigenvalue weighted by molar-refractivity contribution is 6.30. The highest BCUT2D eigenvalue weighted by Crippen LogP contribution is 2.18. The Balaban J connectivity index is 1.62. The number of urea groups is 1. The lowest BCUT2D eigenvalue weighted by Crippen LogP contribution is -2.37. The summed E-state index contributed by atoms with van der Waals surface area (Å²) in [7, 11) is 0. The maximum absolute atomic E-state index is 13.2. The predicted molar refractivity (Wildman–Crippen MR) is 135 cm³/mol. The molecular formula is C27H26ClN3O2. The van der Waals surface area contributed by atoms with Crippen molar-refractivity contribution in [1.29, 1.82) is 0 Å². The molecule has 2 N–H and O–H groups in total. The third kappa shape index (κ3) is 5.62. The van der Waals surface area contributed by atoms with Crippen molar-refractivity contribution in [3.63, 3.8) is 0 Å². The van der Waals surface area contributed by atoms with Gasteiger partial charge in [0, 0.05) is 28.3 Å². The first-order valence-electron chi connectivity index (χ1n) is 10.9. The van der Waals surface area contributed by atoms with Gasteiger partial charge >= 0.3 is 6.03 Å². The lowest BCUT2D eigenvalue weighted by Gasteiger charge is -2.24. The van der Waals surface area contributed by atoms with Crippen LogP contribution >= 0.6 is 11.6 Å². The third-order valence-corrected chi connectivity index (χ3v) is 5.95. The molecule has 33 heavy (non-hydrogen) atoms. The number of carbonyl (C=O) groups is 1. The van der Waals surface area contributed by atoms with Crippen molar-refractivity contribution >= 4 is 34.2 Å². The fourth-order valence-corrected chi connectivity index (χ4v) is 4.05. The molecular weight excluding hydrogens is 434 g/mol. The Morgan fingerprint density at radius 1 is 0.970 bits per heavy atom. The SMILES string of the molecule is Cc1ccc2[nH]c(=O)c(CN(CCc3ccccc3C)C(=O)Nc3cccc(Cl)c3)cc2c1. The first-order valence-corrected chi connectivity index (χ1v) is 11.3. The van der Waals surface area contributed by atoms with Gasteiger partial charge in [0.15, 0.2) is 0 Å². The number of hydrogen-bond acceptors (Lipinski definition) is 2. The number of hydrogen-bond donors (Lipinski definition) is 2. The van der Waals surface area contributed by atoms with Crippen LogP contribution in [0.15, 0.2) is 77.6 Å². The molecule has 4 rings (SSSR count). The number of benzene rings is 3. The fourth-order valence-electron chi connectivity index (χ4n) is 3.86. The first-order chi connectivity index (χ1) is 15.9. The average molecular weight is 460 g/mol. The molecule has 3 aromatic carbocycles. The van der Waals surface area contributed by atoms with E-state index in [0.717, 1.165) is 16.5 Å². The molecule has 6 heteroatoms. The number of fused-ring (bicyclic) bond motifs is 1. The summed E-state index contributed by atoms with van der Waals surface area (Å²) >= 11 is 6.07. The second-order valence-corrected chi connectivity index (χ2v) is 8.69. The van der Waals surface area contributed by atoms with E-state index in [9.17, 15) is 9.59 Å². The van der Waals surface area contributed by atoms with E-state index in [2.05, 4.69) is 29.4 Å². The highest BCUT2D eigenvalue weighted by atomic mass is 35.5. The van der Waals surface area contributed by atoms with Crippen LogP contribution in [0.5, 0.6) is 0 Å². The molecule has 0 aliphatic carbocycles. The minimum Gasteiger partial charge on any atom is -0.322 e. The number of H-pyrrole nitrogens is 1. The standard InChI is InChI=1S/C27H26ClN3O2/c1-18-10-11-25-21(14-18)15-22(26(32)30-25)17-31(13-12-20-7-4-3-6-19(20)2)27(33)29-24-9-5-8-23(28)16-24/h3-11,14-16H,12-13,17H2,1-2H3,(H,29,33)(H,30,32). The number of aromatic nitrogens is 1. The zero-order chi connectivity index (χ0) is 23.4. The van der Waals surface area contributed by atoms with Crippen molar-refractivity contribution in [2.45, 2.75) is 26.8 Å². The lowest BCUT2D eigenvalue weighted by atomic mass is 10.1. The van der Waals surface area contributed by atoms with Crippen LogP contribution in [0.1, 0.15) is 22.3 Å². The van der Waals surface area contributed by atoms with E-state index in [1.165, 1.54) is 11.1 Å². The third-order valence-electron chi connectivity index (χ3n) is 5.71. The van der Waals surface area contributed by atoms with Crippen LogP contribution in [-0.4, -0.2) is 22.5 Å². The Morgan fingerprint density at radius 2 is 1.79 bits per heavy atom. The van der Waals surface area contributed by atoms with Crippen LogP contribution in [-0.2, 0) is 13.0 Å². The smallest absolute Gasteiger partial charge is 0.322 e. The Labute approximate surface area is 198 Å². The zero-order valence-corrected chi connectivity index (χ0v) is 19.4. The number of pyridine rings is 1. The Hall–Kier alpha value is -3.57. The summed E-state index contributed by atoms with van der Waals surface area (Å²) < 4.78 is 0. The molecule has 0 aliphatic heterocycles. The van der Waals surface area contributed by atoms with Gasteiger partial charge in [0.25, 0.3) is 5.56 Å². The van der Waals surface area contributed by atoms with Crippen LogP contribution in [0.25, 0.3) is 10.9 Å². The number of aryl methyl sites for hydroxylation is 2. The van der Waals surface area contributed by atoms with Gasteiger partial charge in [-0.2, -0.15) is 0 Å². The van der Waals surface area contributed by atoms with E-state index in [-0.39, 0.29) is 18.1 Å². The molecule has 4 aromatic rings. The van der Waals surface area contributed by atoms with Crippen molar-refractivity contribution in [1.82, 2.24) is 9.88 Å². The van der Waals surface area contributed by atoms with Gasteiger partial charge in [0.2, 0.25) is 0 Å². The van der Waals surface area contributed by atoms with E-state index in [1.807, 2.05) is 43.3 Å². The molecule has 0 radical (unpaired) electrons. The van der Waals surface area contributed by atoms with Crippen molar-refractivity contribution in [2.24, 2.45) is 0 Å². The van der Waals surface area contributed by atoms with E-state index in [4.69, 9.17) is 11.6 Å². The molecule has 168 valence electrons. The van der Waals surface area contributed by atoms with Gasteiger partial charge in [0.1, 0.15) is 0 Å². The van der Waals surface area contributed by atoms with Crippen molar-refractivity contribution in [3.8, 4) is 0 Å². The monoisotopic (exact) mass is 459 g/mol. The summed E-state index contributed by atoms with van der Waals surface area (Å²) in [5, 5.41) is 4.40. The zero-order valence-electron chi connectivity index (χ0n) is 18.7. The van der Waals surface area contributed by atoms with Gasteiger partial charge in [-0.05, 0) is 73.2 Å². The minimum absolute atomic E-state index is 0.192. The molecule has 1 heterocycles. The molecule has 2 amide bonds. The maximum atomic E-state index is 13.2. The Morgan fingerprint density at radius 3 is 2.58 bits per heavy atom. The largest absolute Gasteiger partial charge is 0.322 e. The van der Waals surface area contributed by atoms with Gasteiger partial charge in [0.05, 0.1) is 6.54 Å². The van der Waals surface area contributed by atoms with Gasteiger partial charge in [-0.25, -0.2) is 4.79 Å². The maximum Gasteiger partial charge on any atom is 0.322 e. The van der Waals surface area contributed by atoms with Crippen LogP contribution in [0.3, 0.4) is 0 Å². The van der Waals surface area contributed by atoms with Crippen molar-refractivity contribution in [2.75, 3.05) is 11.9 Å². The number of rotatable bonds is 6. The number of anilines is 1. The van der Waals surface area contributed by atoms with E-state index in [1.54, 1.807) is 29.2 Å². The molecule has 0 saturated carbocycles. The van der Waals surface area contributed by atoms with E-state index >= 15 is 0 Å². The summed E-state index contributed by atoms with van der Waals surface area (Å²) in [6.45, 7) is 4.72. The van der Waals surface area contributed by atoms with Crippen LogP contribution in [0.4, 0.5) is 10.5 Å². The highest BCUT2D eigenvalue weighted by Gasteiger charge is 2.17. The van der Waals surface area contributed by atoms with E-state index in [0.29, 0.717) is 29.2 Å². The van der Waals surface area contributed by atoms with Gasteiger partial charge in [-0.1, -0.05) is 53.6 Å². The Bertz CT molecular complexity index is 1360. The second kappa shape index (κ2) is 9.92. The van der Waals surface area contributed by atoms with Crippen molar-refractivity contribution in [3.05, 3.63) is 110 Å². The summed E-state index contributed by atoms with van der Waals surface area (Å²) in [5.41, 5.74) is 5.19. The second-order valence-electron chi connectivity index (χ2n) is 8.25. The molecule has 0 bridgehead atoms. The summed E-state index contributed by atoms with van der Waals surface area (Å²) in [4.78, 5) is 30.6. The minimum atomic E-state index is -0.283. The number of halogens is 1. The van der Waals surface area contributed by atoms with Crippen molar-refractivity contribution < 1.29 is 4.79 Å². The average Bonchev–Trinajstić information content (AvgIpc) is 2.78. The van der Waals surface area contributed by atoms with Crippen LogP contribution in [0.2, 0.25) is 5.02 Å². The summed E-state index contributed by atoms with van der Waals surface area (Å²) in [6.07, 6.45) is 0.681. The molecule has 0 fully saturated rings. The molecule has 0 spiro atoms. The fraction of sp³-hybridized carbons (Fsp3) is 0.185. The molecule has 0 aliphatic rings. The lowest BCUT2D eigenvalue weighted by molar-refractivity contribution is 0.209. The summed E-state index contributed by atoms with van der Waals surface area (Å²) in [5.74, 6) is 0. The number of nitrogens with zero attached hydrogens (tertiary/aromatic N) is 1. The number of amides is 2. The molecule has 0 unspecified atom stereocenters. The topological polar surface area (TPSA) is 65.2 Å². The van der Waals surface area contributed by atoms with Crippen LogP contribution < -0.4 is 10.9 Å². The molecule has 5 nitrogen and oxygen atoms in total. The molecule has 1 aromatic heterocycles. The number of carbonyl (C=O) groups excluding carboxylic acids is 1. The first kappa shape index (κ1) is 22.6. The predicted octanol–water partition coefficient (Wildman–Crippen LogP) is 6.08. The van der Waals surface area contributed by atoms with Gasteiger partial charge in [-0.15, -0.1) is 0 Å². The quantitative estimate of drug-likeness (QED) is 0.367. The Kier molecular flexibility index (Phi) is 6.80. The van der Waals surface area contributed by atoms with Crippen LogP contribution in [0, 0.1) is 13.8 Å². The number of aromatic amines is 1. The van der Waals surface area contributed by atoms with E-state index < -0.39 is 0 Å². The number of nitrogens with one attached hydrogen (secondary N) is 2. The normalized spacial score (nSPS) is 10.9. The summed E-state index contributed by atoms with van der Waals surface area (Å²) in [6, 6.07) is 22.6. The molecule has 0 atom stereocenters. The van der Waals surface area contributed by atoms with Gasteiger partial charge in [-0.3, -0.25) is 4.79 Å². The molecule has 0 saturated heterocycles. The van der Waals surface area contributed by atoms with Gasteiger partial charge < -0.3 is 15.2 Å².